The second kappa shape index (κ2) is 3.10. The summed E-state index contributed by atoms with van der Waals surface area (Å²) >= 11 is 5.55. The van der Waals surface area contributed by atoms with Crippen molar-refractivity contribution in [3.05, 3.63) is 0 Å². The molecule has 1 saturated heterocycles. The average molecular weight is 164 g/mol. The SMILES string of the molecule is CC[C@@H]1OC(=O)N[C@H]1CCl. The van der Waals surface area contributed by atoms with Crippen LogP contribution in [-0.4, -0.2) is 24.1 Å². The molecule has 0 aromatic rings. The van der Waals surface area contributed by atoms with E-state index < -0.39 is 0 Å². The molecule has 1 amide bonds. The predicted molar refractivity (Wildman–Crippen MR) is 38.2 cm³/mol. The molecular weight excluding hydrogens is 154 g/mol. The lowest BCUT2D eigenvalue weighted by molar-refractivity contribution is 0.131. The molecule has 10 heavy (non-hydrogen) atoms. The fourth-order valence-corrected chi connectivity index (χ4v) is 1.28. The first-order chi connectivity index (χ1) is 4.77. The summed E-state index contributed by atoms with van der Waals surface area (Å²) in [6.45, 7) is 1.96. The van der Waals surface area contributed by atoms with E-state index in [2.05, 4.69) is 5.32 Å². The van der Waals surface area contributed by atoms with Crippen LogP contribution in [0.15, 0.2) is 0 Å². The molecule has 2 atom stereocenters. The Morgan fingerprint density at radius 1 is 1.80 bits per heavy atom. The van der Waals surface area contributed by atoms with E-state index >= 15 is 0 Å². The van der Waals surface area contributed by atoms with Crippen LogP contribution in [-0.2, 0) is 4.74 Å². The van der Waals surface area contributed by atoms with E-state index in [0.29, 0.717) is 5.88 Å². The number of cyclic esters (lactones) is 1. The third-order valence-corrected chi connectivity index (χ3v) is 1.91. The molecule has 0 aliphatic carbocycles. The minimum atomic E-state index is -0.350. The maximum atomic E-state index is 10.6. The first-order valence-corrected chi connectivity index (χ1v) is 3.84. The van der Waals surface area contributed by atoms with E-state index in [9.17, 15) is 4.79 Å². The molecule has 0 radical (unpaired) electrons. The molecule has 0 bridgehead atoms. The summed E-state index contributed by atoms with van der Waals surface area (Å²) in [6.07, 6.45) is 0.429. The highest BCUT2D eigenvalue weighted by Gasteiger charge is 2.31. The van der Waals surface area contributed by atoms with Crippen LogP contribution in [0.1, 0.15) is 13.3 Å². The van der Waals surface area contributed by atoms with Crippen LogP contribution in [0.2, 0.25) is 0 Å². The van der Waals surface area contributed by atoms with Gasteiger partial charge < -0.3 is 10.1 Å². The number of alkyl carbamates (subject to hydrolysis) is 1. The second-order valence-electron chi connectivity index (χ2n) is 2.26. The van der Waals surface area contributed by atoms with E-state index in [1.165, 1.54) is 0 Å². The molecule has 3 nitrogen and oxygen atoms in total. The number of ether oxygens (including phenoxy) is 1. The first-order valence-electron chi connectivity index (χ1n) is 3.31. The molecule has 1 N–H and O–H groups in total. The zero-order valence-corrected chi connectivity index (χ0v) is 6.52. The number of carbonyl (C=O) groups is 1. The van der Waals surface area contributed by atoms with Crippen LogP contribution in [0.5, 0.6) is 0 Å². The van der Waals surface area contributed by atoms with Gasteiger partial charge in [-0.1, -0.05) is 6.92 Å². The topological polar surface area (TPSA) is 38.3 Å². The summed E-state index contributed by atoms with van der Waals surface area (Å²) in [7, 11) is 0. The molecule has 1 aliphatic rings. The van der Waals surface area contributed by atoms with Crippen molar-refractivity contribution in [2.75, 3.05) is 5.88 Å². The fraction of sp³-hybridized carbons (Fsp3) is 0.833. The van der Waals surface area contributed by atoms with Crippen molar-refractivity contribution in [1.29, 1.82) is 0 Å². The fourth-order valence-electron chi connectivity index (χ4n) is 1.00. The summed E-state index contributed by atoms with van der Waals surface area (Å²) in [4.78, 5) is 10.6. The van der Waals surface area contributed by atoms with Crippen molar-refractivity contribution >= 4 is 17.7 Å². The standard InChI is InChI=1S/C6H10ClNO2/c1-2-5-4(3-7)8-6(9)10-5/h4-5H,2-3H2,1H3,(H,8,9)/t4-,5-/m0/s1. The zero-order valence-electron chi connectivity index (χ0n) is 5.76. The van der Waals surface area contributed by atoms with Gasteiger partial charge in [0.05, 0.1) is 6.04 Å². The van der Waals surface area contributed by atoms with Gasteiger partial charge >= 0.3 is 6.09 Å². The van der Waals surface area contributed by atoms with Gasteiger partial charge in [0, 0.05) is 5.88 Å². The van der Waals surface area contributed by atoms with Crippen molar-refractivity contribution in [3.8, 4) is 0 Å². The Morgan fingerprint density at radius 3 is 2.90 bits per heavy atom. The Balaban J connectivity index is 2.48. The van der Waals surface area contributed by atoms with Crippen molar-refractivity contribution in [2.24, 2.45) is 0 Å². The van der Waals surface area contributed by atoms with E-state index in [4.69, 9.17) is 16.3 Å². The molecule has 0 unspecified atom stereocenters. The Hall–Kier alpha value is -0.440. The summed E-state index contributed by atoms with van der Waals surface area (Å²) in [5, 5.41) is 2.61. The maximum absolute atomic E-state index is 10.6. The van der Waals surface area contributed by atoms with Crippen molar-refractivity contribution in [2.45, 2.75) is 25.5 Å². The molecular formula is C6H10ClNO2. The van der Waals surface area contributed by atoms with Gasteiger partial charge in [0.15, 0.2) is 0 Å². The maximum Gasteiger partial charge on any atom is 0.407 e. The lowest BCUT2D eigenvalue weighted by Gasteiger charge is -2.10. The van der Waals surface area contributed by atoms with E-state index in [1.54, 1.807) is 0 Å². The molecule has 1 aliphatic heterocycles. The van der Waals surface area contributed by atoms with Gasteiger partial charge in [0.25, 0.3) is 0 Å². The highest BCUT2D eigenvalue weighted by Crippen LogP contribution is 2.12. The smallest absolute Gasteiger partial charge is 0.407 e. The van der Waals surface area contributed by atoms with Crippen LogP contribution in [0.4, 0.5) is 4.79 Å². The molecule has 0 spiro atoms. The lowest BCUT2D eigenvalue weighted by Crippen LogP contribution is -2.32. The third kappa shape index (κ3) is 1.34. The van der Waals surface area contributed by atoms with Gasteiger partial charge in [0.2, 0.25) is 0 Å². The molecule has 4 heteroatoms. The summed E-state index contributed by atoms with van der Waals surface area (Å²) in [5.41, 5.74) is 0. The van der Waals surface area contributed by atoms with Crippen molar-refractivity contribution in [1.82, 2.24) is 5.32 Å². The van der Waals surface area contributed by atoms with E-state index in [0.717, 1.165) is 6.42 Å². The molecule has 1 rings (SSSR count). The number of rotatable bonds is 2. The van der Waals surface area contributed by atoms with Gasteiger partial charge in [-0.05, 0) is 6.42 Å². The van der Waals surface area contributed by atoms with Crippen LogP contribution in [0, 0.1) is 0 Å². The molecule has 1 fully saturated rings. The number of halogens is 1. The van der Waals surface area contributed by atoms with Gasteiger partial charge in [-0.25, -0.2) is 4.79 Å². The Labute approximate surface area is 64.7 Å². The average Bonchev–Trinajstić information content (AvgIpc) is 2.30. The van der Waals surface area contributed by atoms with Crippen molar-refractivity contribution < 1.29 is 9.53 Å². The normalized spacial score (nSPS) is 31.6. The highest BCUT2D eigenvalue weighted by molar-refractivity contribution is 6.18. The largest absolute Gasteiger partial charge is 0.444 e. The number of nitrogens with one attached hydrogen (secondary N) is 1. The summed E-state index contributed by atoms with van der Waals surface area (Å²) < 4.78 is 4.88. The molecule has 0 aromatic heterocycles. The summed E-state index contributed by atoms with van der Waals surface area (Å²) in [5.74, 6) is 0.421. The van der Waals surface area contributed by atoms with Gasteiger partial charge in [0.1, 0.15) is 6.10 Å². The summed E-state index contributed by atoms with van der Waals surface area (Å²) in [6, 6.07) is -0.000772. The Bertz CT molecular complexity index is 126. The van der Waals surface area contributed by atoms with Crippen LogP contribution in [0.3, 0.4) is 0 Å². The van der Waals surface area contributed by atoms with Gasteiger partial charge in [-0.3, -0.25) is 0 Å². The lowest BCUT2D eigenvalue weighted by atomic mass is 10.1. The number of alkyl halides is 1. The predicted octanol–water partition coefficient (Wildman–Crippen LogP) is 1.11. The molecule has 0 aromatic carbocycles. The molecule has 1 heterocycles. The third-order valence-electron chi connectivity index (χ3n) is 1.58. The highest BCUT2D eigenvalue weighted by atomic mass is 35.5. The van der Waals surface area contributed by atoms with Crippen LogP contribution in [0.25, 0.3) is 0 Å². The van der Waals surface area contributed by atoms with E-state index in [1.807, 2.05) is 6.92 Å². The van der Waals surface area contributed by atoms with Gasteiger partial charge in [-0.15, -0.1) is 11.6 Å². The minimum Gasteiger partial charge on any atom is -0.444 e. The zero-order chi connectivity index (χ0) is 7.56. The number of hydrogen-bond donors (Lipinski definition) is 1. The Morgan fingerprint density at radius 2 is 2.50 bits per heavy atom. The second-order valence-corrected chi connectivity index (χ2v) is 2.57. The van der Waals surface area contributed by atoms with Crippen LogP contribution >= 0.6 is 11.6 Å². The van der Waals surface area contributed by atoms with E-state index in [-0.39, 0.29) is 18.2 Å². The molecule has 0 saturated carbocycles. The minimum absolute atomic E-state index is 0.000772. The first kappa shape index (κ1) is 7.66. The van der Waals surface area contributed by atoms with Gasteiger partial charge in [-0.2, -0.15) is 0 Å². The molecule has 58 valence electrons. The van der Waals surface area contributed by atoms with Crippen LogP contribution < -0.4 is 5.32 Å². The number of carbonyl (C=O) groups excluding carboxylic acids is 1. The Kier molecular flexibility index (Phi) is 2.38. The quantitative estimate of drug-likeness (QED) is 0.620. The number of hydrogen-bond acceptors (Lipinski definition) is 2. The van der Waals surface area contributed by atoms with Crippen molar-refractivity contribution in [3.63, 3.8) is 0 Å². The monoisotopic (exact) mass is 163 g/mol. The number of amides is 1.